The number of sulfonamides is 1. The van der Waals surface area contributed by atoms with Gasteiger partial charge < -0.3 is 0 Å². The molecule has 0 bridgehead atoms. The van der Waals surface area contributed by atoms with Crippen molar-refractivity contribution < 1.29 is 8.42 Å². The Bertz CT molecular complexity index is 486. The average molecular weight is 296 g/mol. The molecular weight excluding hydrogens is 281 g/mol. The molecule has 1 aromatic rings. The Labute approximate surface area is 112 Å². The van der Waals surface area contributed by atoms with E-state index < -0.39 is 15.6 Å². The quantitative estimate of drug-likeness (QED) is 0.849. The Morgan fingerprint density at radius 3 is 2.53 bits per heavy atom. The van der Waals surface area contributed by atoms with Crippen LogP contribution in [0, 0.1) is 0 Å². The predicted molar refractivity (Wildman–Crippen MR) is 71.2 cm³/mol. The lowest BCUT2D eigenvalue weighted by Crippen LogP contribution is -2.43. The van der Waals surface area contributed by atoms with E-state index in [4.69, 9.17) is 23.2 Å². The van der Waals surface area contributed by atoms with Crippen molar-refractivity contribution in [3.8, 4) is 0 Å². The molecular formula is C11H15Cl2NO2S. The van der Waals surface area contributed by atoms with E-state index in [2.05, 4.69) is 4.72 Å². The first-order chi connectivity index (χ1) is 7.77. The lowest BCUT2D eigenvalue weighted by Gasteiger charge is -2.24. The number of halogens is 2. The molecule has 17 heavy (non-hydrogen) atoms. The Balaban J connectivity index is 2.97. The van der Waals surface area contributed by atoms with Gasteiger partial charge in [0, 0.05) is 16.4 Å². The molecule has 1 N–H and O–H groups in total. The third kappa shape index (κ3) is 4.47. The third-order valence-electron chi connectivity index (χ3n) is 2.24. The van der Waals surface area contributed by atoms with E-state index in [0.717, 1.165) is 0 Å². The summed E-state index contributed by atoms with van der Waals surface area (Å²) in [5, 5.41) is 0.392. The second-order valence-electron chi connectivity index (χ2n) is 4.39. The van der Waals surface area contributed by atoms with Gasteiger partial charge in [0.25, 0.3) is 0 Å². The van der Waals surface area contributed by atoms with Crippen molar-refractivity contribution in [2.45, 2.75) is 30.7 Å². The SMILES string of the molecule is CC(C)(CCCl)NS(=O)(=O)c1cccc(Cl)c1. The van der Waals surface area contributed by atoms with E-state index in [1.165, 1.54) is 12.1 Å². The van der Waals surface area contributed by atoms with Gasteiger partial charge in [-0.25, -0.2) is 13.1 Å². The largest absolute Gasteiger partial charge is 0.241 e. The highest BCUT2D eigenvalue weighted by Crippen LogP contribution is 2.19. The molecule has 0 unspecified atom stereocenters. The highest BCUT2D eigenvalue weighted by Gasteiger charge is 2.25. The molecule has 0 fully saturated rings. The van der Waals surface area contributed by atoms with Crippen LogP contribution in [0.3, 0.4) is 0 Å². The fraction of sp³-hybridized carbons (Fsp3) is 0.455. The summed E-state index contributed by atoms with van der Waals surface area (Å²) in [7, 11) is -3.56. The van der Waals surface area contributed by atoms with Gasteiger partial charge in [-0.05, 0) is 38.5 Å². The molecule has 0 amide bonds. The summed E-state index contributed by atoms with van der Waals surface area (Å²) >= 11 is 11.4. The maximum Gasteiger partial charge on any atom is 0.241 e. The molecule has 0 saturated heterocycles. The van der Waals surface area contributed by atoms with Crippen molar-refractivity contribution in [1.29, 1.82) is 0 Å². The fourth-order valence-corrected chi connectivity index (χ4v) is 3.56. The fourth-order valence-electron chi connectivity index (χ4n) is 1.34. The zero-order valence-corrected chi connectivity index (χ0v) is 12.0. The van der Waals surface area contributed by atoms with Crippen LogP contribution < -0.4 is 4.72 Å². The summed E-state index contributed by atoms with van der Waals surface area (Å²) in [4.78, 5) is 0.160. The smallest absolute Gasteiger partial charge is 0.207 e. The molecule has 0 radical (unpaired) electrons. The summed E-state index contributed by atoms with van der Waals surface area (Å²) < 4.78 is 26.7. The van der Waals surface area contributed by atoms with Crippen LogP contribution in [-0.4, -0.2) is 19.8 Å². The Kier molecular flexibility index (Phi) is 4.84. The topological polar surface area (TPSA) is 46.2 Å². The lowest BCUT2D eigenvalue weighted by molar-refractivity contribution is 0.441. The minimum atomic E-state index is -3.56. The van der Waals surface area contributed by atoms with E-state index >= 15 is 0 Å². The summed E-state index contributed by atoms with van der Waals surface area (Å²) in [5.74, 6) is 0.394. The number of hydrogen-bond acceptors (Lipinski definition) is 2. The standard InChI is InChI=1S/C11H15Cl2NO2S/c1-11(2,6-7-12)14-17(15,16)10-5-3-4-9(13)8-10/h3-5,8,14H,6-7H2,1-2H3. The van der Waals surface area contributed by atoms with E-state index in [1.54, 1.807) is 26.0 Å². The normalized spacial score (nSPS) is 12.7. The van der Waals surface area contributed by atoms with E-state index in [9.17, 15) is 8.42 Å². The van der Waals surface area contributed by atoms with Gasteiger partial charge in [0.15, 0.2) is 0 Å². The lowest BCUT2D eigenvalue weighted by atomic mass is 10.0. The van der Waals surface area contributed by atoms with Gasteiger partial charge in [0.1, 0.15) is 0 Å². The summed E-state index contributed by atoms with van der Waals surface area (Å²) in [5.41, 5.74) is -0.580. The van der Waals surface area contributed by atoms with Gasteiger partial charge in [0.2, 0.25) is 10.0 Å². The number of nitrogens with one attached hydrogen (secondary N) is 1. The van der Waals surface area contributed by atoms with Crippen molar-refractivity contribution >= 4 is 33.2 Å². The Morgan fingerprint density at radius 1 is 1.35 bits per heavy atom. The first-order valence-corrected chi connectivity index (χ1v) is 7.52. The van der Waals surface area contributed by atoms with Crippen LogP contribution in [0.1, 0.15) is 20.3 Å². The van der Waals surface area contributed by atoms with Gasteiger partial charge in [-0.1, -0.05) is 17.7 Å². The molecule has 0 aliphatic heterocycles. The zero-order chi connectivity index (χ0) is 13.1. The maximum absolute atomic E-state index is 12.1. The van der Waals surface area contributed by atoms with Crippen molar-refractivity contribution in [3.63, 3.8) is 0 Å². The number of rotatable bonds is 5. The van der Waals surface area contributed by atoms with Gasteiger partial charge in [-0.3, -0.25) is 0 Å². The summed E-state index contributed by atoms with van der Waals surface area (Å²) in [6.45, 7) is 3.58. The number of hydrogen-bond donors (Lipinski definition) is 1. The van der Waals surface area contributed by atoms with Gasteiger partial charge in [0.05, 0.1) is 4.90 Å². The first-order valence-electron chi connectivity index (χ1n) is 5.12. The molecule has 1 aromatic carbocycles. The van der Waals surface area contributed by atoms with Gasteiger partial charge in [-0.15, -0.1) is 11.6 Å². The molecule has 3 nitrogen and oxygen atoms in total. The van der Waals surface area contributed by atoms with Crippen LogP contribution in [0.5, 0.6) is 0 Å². The molecule has 0 atom stereocenters. The molecule has 0 aliphatic rings. The van der Waals surface area contributed by atoms with Crippen LogP contribution in [0.2, 0.25) is 5.02 Å². The van der Waals surface area contributed by atoms with Crippen molar-refractivity contribution in [2.75, 3.05) is 5.88 Å². The minimum absolute atomic E-state index is 0.160. The van der Waals surface area contributed by atoms with Crippen LogP contribution in [0.4, 0.5) is 0 Å². The minimum Gasteiger partial charge on any atom is -0.207 e. The van der Waals surface area contributed by atoms with E-state index in [-0.39, 0.29) is 4.90 Å². The third-order valence-corrected chi connectivity index (χ3v) is 4.36. The highest BCUT2D eigenvalue weighted by atomic mass is 35.5. The molecule has 6 heteroatoms. The molecule has 0 spiro atoms. The zero-order valence-electron chi connectivity index (χ0n) is 9.70. The highest BCUT2D eigenvalue weighted by molar-refractivity contribution is 7.89. The van der Waals surface area contributed by atoms with Crippen LogP contribution >= 0.6 is 23.2 Å². The average Bonchev–Trinajstić information content (AvgIpc) is 2.15. The molecule has 96 valence electrons. The molecule has 0 aromatic heterocycles. The van der Waals surface area contributed by atoms with Crippen LogP contribution in [0.15, 0.2) is 29.2 Å². The van der Waals surface area contributed by atoms with Crippen molar-refractivity contribution in [1.82, 2.24) is 4.72 Å². The Morgan fingerprint density at radius 2 is 2.00 bits per heavy atom. The molecule has 0 saturated carbocycles. The number of benzene rings is 1. The Hall–Kier alpha value is -0.290. The first kappa shape index (κ1) is 14.8. The summed E-state index contributed by atoms with van der Waals surface area (Å²) in [6.07, 6.45) is 0.550. The van der Waals surface area contributed by atoms with Crippen molar-refractivity contribution in [3.05, 3.63) is 29.3 Å². The number of alkyl halides is 1. The summed E-state index contributed by atoms with van der Waals surface area (Å²) in [6, 6.07) is 6.15. The van der Waals surface area contributed by atoms with E-state index in [1.807, 2.05) is 0 Å². The van der Waals surface area contributed by atoms with Crippen LogP contribution in [-0.2, 0) is 10.0 Å². The second-order valence-corrected chi connectivity index (χ2v) is 6.88. The van der Waals surface area contributed by atoms with Crippen LogP contribution in [0.25, 0.3) is 0 Å². The monoisotopic (exact) mass is 295 g/mol. The van der Waals surface area contributed by atoms with Gasteiger partial charge >= 0.3 is 0 Å². The van der Waals surface area contributed by atoms with Crippen molar-refractivity contribution in [2.24, 2.45) is 0 Å². The predicted octanol–water partition coefficient (Wildman–Crippen LogP) is 3.03. The maximum atomic E-state index is 12.1. The van der Waals surface area contributed by atoms with Gasteiger partial charge in [-0.2, -0.15) is 0 Å². The van der Waals surface area contributed by atoms with E-state index in [0.29, 0.717) is 17.3 Å². The molecule has 0 heterocycles. The molecule has 1 rings (SSSR count). The molecule has 0 aliphatic carbocycles. The second kappa shape index (κ2) is 5.57.